The van der Waals surface area contributed by atoms with Gasteiger partial charge in [0.25, 0.3) is 5.91 Å². The van der Waals surface area contributed by atoms with Crippen molar-refractivity contribution < 1.29 is 9.53 Å². The number of hydrogen-bond acceptors (Lipinski definition) is 2. The van der Waals surface area contributed by atoms with Crippen LogP contribution in [0.2, 0.25) is 0 Å². The number of nitrogens with one attached hydrogen (secondary N) is 1. The number of benzene rings is 1. The normalized spacial score (nSPS) is 10.9. The summed E-state index contributed by atoms with van der Waals surface area (Å²) in [4.78, 5) is 11.6. The van der Waals surface area contributed by atoms with Gasteiger partial charge in [0.05, 0.1) is 0 Å². The molecule has 0 spiro atoms. The lowest BCUT2D eigenvalue weighted by Crippen LogP contribution is -2.34. The molecular formula is C15H22BrNO2. The summed E-state index contributed by atoms with van der Waals surface area (Å²) in [5.41, 5.74) is 2.21. The molecule has 106 valence electrons. The van der Waals surface area contributed by atoms with Crippen LogP contribution in [0.3, 0.4) is 0 Å². The standard InChI is InChI=1S/C15H22BrNO2/c1-9(2)12-7-13(16)11(5)6-14(12)19-8-15(18)17-10(3)4/h6-7,9-10H,8H2,1-5H3,(H,17,18). The molecule has 0 atom stereocenters. The summed E-state index contributed by atoms with van der Waals surface area (Å²) >= 11 is 3.53. The predicted molar refractivity (Wildman–Crippen MR) is 81.7 cm³/mol. The van der Waals surface area contributed by atoms with Crippen LogP contribution < -0.4 is 10.1 Å². The van der Waals surface area contributed by atoms with Crippen LogP contribution in [-0.2, 0) is 4.79 Å². The zero-order chi connectivity index (χ0) is 14.6. The van der Waals surface area contributed by atoms with Crippen LogP contribution in [0.5, 0.6) is 5.75 Å². The van der Waals surface area contributed by atoms with E-state index >= 15 is 0 Å². The van der Waals surface area contributed by atoms with Crippen LogP contribution in [0, 0.1) is 6.92 Å². The summed E-state index contributed by atoms with van der Waals surface area (Å²) in [5.74, 6) is 1.04. The first-order valence-corrected chi connectivity index (χ1v) is 7.32. The quantitative estimate of drug-likeness (QED) is 0.893. The Morgan fingerprint density at radius 2 is 1.95 bits per heavy atom. The Labute approximate surface area is 123 Å². The van der Waals surface area contributed by atoms with Crippen molar-refractivity contribution in [2.24, 2.45) is 0 Å². The van der Waals surface area contributed by atoms with Crippen molar-refractivity contribution in [1.29, 1.82) is 0 Å². The zero-order valence-corrected chi connectivity index (χ0v) is 13.8. The minimum absolute atomic E-state index is 0.0545. The van der Waals surface area contributed by atoms with Gasteiger partial charge in [-0.15, -0.1) is 0 Å². The Balaban J connectivity index is 2.82. The Morgan fingerprint density at radius 3 is 2.47 bits per heavy atom. The minimum atomic E-state index is -0.0923. The van der Waals surface area contributed by atoms with Gasteiger partial charge in [0.1, 0.15) is 5.75 Å². The Hall–Kier alpha value is -1.03. The fraction of sp³-hybridized carbons (Fsp3) is 0.533. The zero-order valence-electron chi connectivity index (χ0n) is 12.2. The molecule has 4 heteroatoms. The minimum Gasteiger partial charge on any atom is -0.483 e. The van der Waals surface area contributed by atoms with Gasteiger partial charge in [-0.05, 0) is 49.9 Å². The third-order valence-electron chi connectivity index (χ3n) is 2.72. The molecule has 0 aliphatic heterocycles. The second-order valence-electron chi connectivity index (χ2n) is 5.30. The van der Waals surface area contributed by atoms with Crippen molar-refractivity contribution in [1.82, 2.24) is 5.32 Å². The number of ether oxygens (including phenoxy) is 1. The molecule has 1 aromatic carbocycles. The van der Waals surface area contributed by atoms with Crippen molar-refractivity contribution in [3.05, 3.63) is 27.7 Å². The Bertz CT molecular complexity index is 456. The van der Waals surface area contributed by atoms with Crippen LogP contribution >= 0.6 is 15.9 Å². The summed E-state index contributed by atoms with van der Waals surface area (Å²) in [6.45, 7) is 10.1. The summed E-state index contributed by atoms with van der Waals surface area (Å²) in [6, 6.07) is 4.17. The third kappa shape index (κ3) is 4.86. The molecule has 1 N–H and O–H groups in total. The van der Waals surface area contributed by atoms with Crippen molar-refractivity contribution in [3.63, 3.8) is 0 Å². The van der Waals surface area contributed by atoms with E-state index in [9.17, 15) is 4.79 Å². The second kappa shape index (κ2) is 6.94. The lowest BCUT2D eigenvalue weighted by atomic mass is 10.0. The first kappa shape index (κ1) is 16.0. The van der Waals surface area contributed by atoms with E-state index in [1.165, 1.54) is 0 Å². The summed E-state index contributed by atoms with van der Waals surface area (Å²) in [5, 5.41) is 2.81. The molecule has 0 aliphatic carbocycles. The highest BCUT2D eigenvalue weighted by molar-refractivity contribution is 9.10. The van der Waals surface area contributed by atoms with E-state index in [1.807, 2.05) is 26.8 Å². The van der Waals surface area contributed by atoms with Gasteiger partial charge in [-0.3, -0.25) is 4.79 Å². The van der Waals surface area contributed by atoms with E-state index in [-0.39, 0.29) is 18.6 Å². The lowest BCUT2D eigenvalue weighted by Gasteiger charge is -2.16. The van der Waals surface area contributed by atoms with Gasteiger partial charge in [0.15, 0.2) is 6.61 Å². The van der Waals surface area contributed by atoms with Crippen molar-refractivity contribution in [2.75, 3.05) is 6.61 Å². The van der Waals surface area contributed by atoms with E-state index in [0.717, 1.165) is 21.3 Å². The third-order valence-corrected chi connectivity index (χ3v) is 3.58. The maximum atomic E-state index is 11.6. The summed E-state index contributed by atoms with van der Waals surface area (Å²) < 4.78 is 6.73. The molecule has 0 saturated carbocycles. The first-order chi connectivity index (χ1) is 8.81. The van der Waals surface area contributed by atoms with Crippen LogP contribution in [-0.4, -0.2) is 18.6 Å². The van der Waals surface area contributed by atoms with Gasteiger partial charge >= 0.3 is 0 Å². The van der Waals surface area contributed by atoms with E-state index in [2.05, 4.69) is 41.2 Å². The molecular weight excluding hydrogens is 306 g/mol. The molecule has 0 unspecified atom stereocenters. The van der Waals surface area contributed by atoms with Gasteiger partial charge in [-0.1, -0.05) is 29.8 Å². The molecule has 0 saturated heterocycles. The van der Waals surface area contributed by atoms with Crippen molar-refractivity contribution in [3.8, 4) is 5.75 Å². The molecule has 1 amide bonds. The second-order valence-corrected chi connectivity index (χ2v) is 6.16. The number of aryl methyl sites for hydroxylation is 1. The highest BCUT2D eigenvalue weighted by atomic mass is 79.9. The van der Waals surface area contributed by atoms with Gasteiger partial charge in [0.2, 0.25) is 0 Å². The van der Waals surface area contributed by atoms with Crippen LogP contribution in [0.1, 0.15) is 44.7 Å². The number of amides is 1. The largest absolute Gasteiger partial charge is 0.483 e. The smallest absolute Gasteiger partial charge is 0.258 e. The first-order valence-electron chi connectivity index (χ1n) is 6.53. The Kier molecular flexibility index (Phi) is 5.85. The maximum Gasteiger partial charge on any atom is 0.258 e. The summed E-state index contributed by atoms with van der Waals surface area (Å²) in [7, 11) is 0. The molecule has 1 aromatic rings. The average Bonchev–Trinajstić information content (AvgIpc) is 2.29. The van der Waals surface area contributed by atoms with Gasteiger partial charge in [-0.25, -0.2) is 0 Å². The number of halogens is 1. The van der Waals surface area contributed by atoms with Crippen molar-refractivity contribution >= 4 is 21.8 Å². The molecule has 0 aromatic heterocycles. The highest BCUT2D eigenvalue weighted by Gasteiger charge is 2.12. The lowest BCUT2D eigenvalue weighted by molar-refractivity contribution is -0.123. The molecule has 19 heavy (non-hydrogen) atoms. The molecule has 0 radical (unpaired) electrons. The summed E-state index contributed by atoms with van der Waals surface area (Å²) in [6.07, 6.45) is 0. The molecule has 3 nitrogen and oxygen atoms in total. The molecule has 0 fully saturated rings. The SMILES string of the molecule is Cc1cc(OCC(=O)NC(C)C)c(C(C)C)cc1Br. The van der Waals surface area contributed by atoms with E-state index in [0.29, 0.717) is 5.92 Å². The fourth-order valence-corrected chi connectivity index (χ4v) is 2.11. The van der Waals surface area contributed by atoms with Crippen LogP contribution in [0.4, 0.5) is 0 Å². The molecule has 0 heterocycles. The van der Waals surface area contributed by atoms with E-state index < -0.39 is 0 Å². The van der Waals surface area contributed by atoms with E-state index in [4.69, 9.17) is 4.74 Å². The number of rotatable bonds is 5. The predicted octanol–water partition coefficient (Wildman–Crippen LogP) is 3.78. The highest BCUT2D eigenvalue weighted by Crippen LogP contribution is 2.32. The number of carbonyl (C=O) groups is 1. The van der Waals surface area contributed by atoms with Crippen LogP contribution in [0.25, 0.3) is 0 Å². The number of carbonyl (C=O) groups excluding carboxylic acids is 1. The molecule has 0 aliphatic rings. The van der Waals surface area contributed by atoms with Gasteiger partial charge < -0.3 is 10.1 Å². The maximum absolute atomic E-state index is 11.6. The monoisotopic (exact) mass is 327 g/mol. The molecule has 0 bridgehead atoms. The van der Waals surface area contributed by atoms with Crippen LogP contribution in [0.15, 0.2) is 16.6 Å². The Morgan fingerprint density at radius 1 is 1.32 bits per heavy atom. The van der Waals surface area contributed by atoms with E-state index in [1.54, 1.807) is 0 Å². The topological polar surface area (TPSA) is 38.3 Å². The molecule has 1 rings (SSSR count). The number of hydrogen-bond donors (Lipinski definition) is 1. The van der Waals surface area contributed by atoms with Gasteiger partial charge in [-0.2, -0.15) is 0 Å². The van der Waals surface area contributed by atoms with Gasteiger partial charge in [0, 0.05) is 10.5 Å². The van der Waals surface area contributed by atoms with Crippen molar-refractivity contribution in [2.45, 2.75) is 46.6 Å². The average molecular weight is 328 g/mol. The fourth-order valence-electron chi connectivity index (χ4n) is 1.75.